The highest BCUT2D eigenvalue weighted by Gasteiger charge is 2.31. The molecule has 2 heterocycles. The number of nitriles is 1. The van der Waals surface area contributed by atoms with E-state index in [9.17, 15) is 15.4 Å². The number of nitrogens with one attached hydrogen (secondary N) is 1. The number of benzene rings is 1. The fraction of sp³-hybridized carbons (Fsp3) is 0.588. The van der Waals surface area contributed by atoms with Gasteiger partial charge in [0.1, 0.15) is 6.07 Å². The van der Waals surface area contributed by atoms with Crippen molar-refractivity contribution >= 4 is 11.4 Å². The fourth-order valence-corrected chi connectivity index (χ4v) is 3.63. The van der Waals surface area contributed by atoms with E-state index in [1.165, 1.54) is 25.0 Å². The summed E-state index contributed by atoms with van der Waals surface area (Å²) in [5.41, 5.74) is 0.913. The molecule has 0 bridgehead atoms. The van der Waals surface area contributed by atoms with Gasteiger partial charge in [-0.25, -0.2) is 0 Å². The van der Waals surface area contributed by atoms with Gasteiger partial charge in [-0.3, -0.25) is 15.0 Å². The molecule has 128 valence electrons. The molecule has 2 saturated heterocycles. The van der Waals surface area contributed by atoms with E-state index in [2.05, 4.69) is 10.2 Å². The van der Waals surface area contributed by atoms with Crippen LogP contribution in [0, 0.1) is 27.4 Å². The van der Waals surface area contributed by atoms with Gasteiger partial charge in [-0.1, -0.05) is 0 Å². The molecule has 2 aliphatic rings. The first-order chi connectivity index (χ1) is 11.7. The Morgan fingerprint density at radius 1 is 1.46 bits per heavy atom. The Kier molecular flexibility index (Phi) is 5.28. The lowest BCUT2D eigenvalue weighted by Gasteiger charge is -2.32. The summed E-state index contributed by atoms with van der Waals surface area (Å²) in [6, 6.07) is 6.81. The van der Waals surface area contributed by atoms with Crippen LogP contribution in [-0.4, -0.2) is 48.7 Å². The van der Waals surface area contributed by atoms with Gasteiger partial charge in [0.25, 0.3) is 5.69 Å². The molecule has 1 aromatic rings. The van der Waals surface area contributed by atoms with E-state index in [0.29, 0.717) is 23.2 Å². The van der Waals surface area contributed by atoms with Crippen LogP contribution in [0.15, 0.2) is 18.2 Å². The standard InChI is InChI=1S/C17H22N4O3/c18-10-14-9-15(21(22)23)3-4-16(14)19-11-17(13-5-8-24-12-13)20-6-1-2-7-20/h3-4,9,13,17,19H,1-2,5-8,11-12H2/t13-,17-/m1/s1. The zero-order valence-electron chi connectivity index (χ0n) is 13.6. The normalized spacial score (nSPS) is 22.2. The summed E-state index contributed by atoms with van der Waals surface area (Å²) in [6.07, 6.45) is 3.52. The zero-order valence-corrected chi connectivity index (χ0v) is 13.6. The maximum atomic E-state index is 10.8. The van der Waals surface area contributed by atoms with Crippen LogP contribution >= 0.6 is 0 Å². The summed E-state index contributed by atoms with van der Waals surface area (Å²) >= 11 is 0. The number of nitrogens with zero attached hydrogens (tertiary/aromatic N) is 3. The monoisotopic (exact) mass is 330 g/mol. The number of rotatable bonds is 6. The first-order valence-electron chi connectivity index (χ1n) is 8.43. The number of ether oxygens (including phenoxy) is 1. The van der Waals surface area contributed by atoms with Gasteiger partial charge < -0.3 is 10.1 Å². The Balaban J connectivity index is 1.72. The highest BCUT2D eigenvalue weighted by Crippen LogP contribution is 2.26. The van der Waals surface area contributed by atoms with Crippen molar-refractivity contribution in [2.75, 3.05) is 38.2 Å². The minimum Gasteiger partial charge on any atom is -0.382 e. The van der Waals surface area contributed by atoms with Crippen LogP contribution in [0.2, 0.25) is 0 Å². The van der Waals surface area contributed by atoms with Gasteiger partial charge >= 0.3 is 0 Å². The van der Waals surface area contributed by atoms with E-state index >= 15 is 0 Å². The average molecular weight is 330 g/mol. The van der Waals surface area contributed by atoms with E-state index < -0.39 is 4.92 Å². The number of hydrogen-bond donors (Lipinski definition) is 1. The van der Waals surface area contributed by atoms with Crippen molar-refractivity contribution in [2.24, 2.45) is 5.92 Å². The highest BCUT2D eigenvalue weighted by molar-refractivity contribution is 5.61. The number of likely N-dealkylation sites (tertiary alicyclic amines) is 1. The van der Waals surface area contributed by atoms with Gasteiger partial charge in [0.05, 0.1) is 22.8 Å². The number of hydrogen-bond acceptors (Lipinski definition) is 6. The lowest BCUT2D eigenvalue weighted by molar-refractivity contribution is -0.384. The Labute approximate surface area is 141 Å². The third-order valence-corrected chi connectivity index (χ3v) is 4.95. The minimum absolute atomic E-state index is 0.0580. The Morgan fingerprint density at radius 2 is 2.25 bits per heavy atom. The molecule has 1 aromatic carbocycles. The summed E-state index contributed by atoms with van der Waals surface area (Å²) in [5.74, 6) is 0.499. The molecule has 0 aliphatic carbocycles. The van der Waals surface area contributed by atoms with Gasteiger partial charge in [-0.15, -0.1) is 0 Å². The molecular weight excluding hydrogens is 308 g/mol. The zero-order chi connectivity index (χ0) is 16.9. The maximum absolute atomic E-state index is 10.8. The number of anilines is 1. The molecule has 7 nitrogen and oxygen atoms in total. The van der Waals surface area contributed by atoms with Crippen molar-refractivity contribution in [3.63, 3.8) is 0 Å². The van der Waals surface area contributed by atoms with Crippen LogP contribution in [0.3, 0.4) is 0 Å². The fourth-order valence-electron chi connectivity index (χ4n) is 3.63. The van der Waals surface area contributed by atoms with Crippen molar-refractivity contribution in [1.29, 1.82) is 5.26 Å². The van der Waals surface area contributed by atoms with Crippen molar-refractivity contribution in [3.05, 3.63) is 33.9 Å². The second kappa shape index (κ2) is 7.60. The second-order valence-electron chi connectivity index (χ2n) is 6.41. The molecule has 0 aromatic heterocycles. The van der Waals surface area contributed by atoms with E-state index in [1.807, 2.05) is 6.07 Å². The summed E-state index contributed by atoms with van der Waals surface area (Å²) in [6.45, 7) is 4.53. The first kappa shape index (κ1) is 16.7. The smallest absolute Gasteiger partial charge is 0.270 e. The molecule has 0 saturated carbocycles. The van der Waals surface area contributed by atoms with E-state index in [1.54, 1.807) is 6.07 Å². The highest BCUT2D eigenvalue weighted by atomic mass is 16.6. The van der Waals surface area contributed by atoms with E-state index in [4.69, 9.17) is 4.74 Å². The predicted octanol–water partition coefficient (Wildman–Crippen LogP) is 2.38. The van der Waals surface area contributed by atoms with Crippen molar-refractivity contribution in [1.82, 2.24) is 4.90 Å². The minimum atomic E-state index is -0.479. The molecule has 2 atom stereocenters. The third kappa shape index (κ3) is 3.66. The molecular formula is C17H22N4O3. The van der Waals surface area contributed by atoms with Gasteiger partial charge in [0, 0.05) is 37.2 Å². The van der Waals surface area contributed by atoms with Gasteiger partial charge in [0.2, 0.25) is 0 Å². The molecule has 2 fully saturated rings. The summed E-state index contributed by atoms with van der Waals surface area (Å²) < 4.78 is 5.55. The van der Waals surface area contributed by atoms with Crippen LogP contribution in [-0.2, 0) is 4.74 Å². The van der Waals surface area contributed by atoms with E-state index in [0.717, 1.165) is 39.3 Å². The van der Waals surface area contributed by atoms with Crippen LogP contribution in [0.1, 0.15) is 24.8 Å². The molecule has 3 rings (SSSR count). The maximum Gasteiger partial charge on any atom is 0.270 e. The van der Waals surface area contributed by atoms with Crippen molar-refractivity contribution in [3.8, 4) is 6.07 Å². The predicted molar refractivity (Wildman–Crippen MR) is 89.8 cm³/mol. The summed E-state index contributed by atoms with van der Waals surface area (Å²) in [5, 5.41) is 23.5. The molecule has 0 unspecified atom stereocenters. The number of nitro benzene ring substituents is 1. The first-order valence-corrected chi connectivity index (χ1v) is 8.43. The van der Waals surface area contributed by atoms with Gasteiger partial charge in [-0.05, 0) is 38.4 Å². The second-order valence-corrected chi connectivity index (χ2v) is 6.41. The van der Waals surface area contributed by atoms with Crippen LogP contribution in [0.4, 0.5) is 11.4 Å². The summed E-state index contributed by atoms with van der Waals surface area (Å²) in [4.78, 5) is 12.9. The Morgan fingerprint density at radius 3 is 2.88 bits per heavy atom. The van der Waals surface area contributed by atoms with Crippen molar-refractivity contribution in [2.45, 2.75) is 25.3 Å². The number of non-ortho nitro benzene ring substituents is 1. The molecule has 0 spiro atoms. The topological polar surface area (TPSA) is 91.4 Å². The molecule has 2 aliphatic heterocycles. The van der Waals surface area contributed by atoms with Crippen LogP contribution < -0.4 is 5.32 Å². The number of nitro groups is 1. The summed E-state index contributed by atoms with van der Waals surface area (Å²) in [7, 11) is 0. The van der Waals surface area contributed by atoms with E-state index in [-0.39, 0.29) is 5.69 Å². The Hall–Kier alpha value is -2.17. The molecule has 7 heteroatoms. The van der Waals surface area contributed by atoms with Gasteiger partial charge in [-0.2, -0.15) is 5.26 Å². The lowest BCUT2D eigenvalue weighted by atomic mass is 9.97. The lowest BCUT2D eigenvalue weighted by Crippen LogP contribution is -2.44. The third-order valence-electron chi connectivity index (χ3n) is 4.95. The molecule has 1 N–H and O–H groups in total. The quantitative estimate of drug-likeness (QED) is 0.636. The SMILES string of the molecule is N#Cc1cc([N+](=O)[O-])ccc1NC[C@H]([C@@H]1CCOC1)N1CCCC1. The van der Waals surface area contributed by atoms with Gasteiger partial charge in [0.15, 0.2) is 0 Å². The average Bonchev–Trinajstić information content (AvgIpc) is 3.29. The van der Waals surface area contributed by atoms with Crippen LogP contribution in [0.25, 0.3) is 0 Å². The molecule has 0 radical (unpaired) electrons. The Bertz CT molecular complexity index is 615. The molecule has 0 amide bonds. The van der Waals surface area contributed by atoms with Crippen molar-refractivity contribution < 1.29 is 9.66 Å². The molecule has 24 heavy (non-hydrogen) atoms. The van der Waals surface area contributed by atoms with Crippen LogP contribution in [0.5, 0.6) is 0 Å². The largest absolute Gasteiger partial charge is 0.382 e.